The molecule has 0 aliphatic heterocycles. The molecule has 0 aliphatic carbocycles. The second-order valence-corrected chi connectivity index (χ2v) is 5.63. The number of rotatable bonds is 3. The van der Waals surface area contributed by atoms with Crippen LogP contribution in [0.4, 0.5) is 5.69 Å². The van der Waals surface area contributed by atoms with Gasteiger partial charge in [0.05, 0.1) is 3.57 Å². The van der Waals surface area contributed by atoms with Gasteiger partial charge in [0.2, 0.25) is 0 Å². The van der Waals surface area contributed by atoms with Crippen molar-refractivity contribution in [2.24, 2.45) is 0 Å². The van der Waals surface area contributed by atoms with E-state index in [-0.39, 0.29) is 11.7 Å². The second kappa shape index (κ2) is 6.38. The van der Waals surface area contributed by atoms with Crippen molar-refractivity contribution in [3.63, 3.8) is 0 Å². The first-order valence-electron chi connectivity index (χ1n) is 5.55. The van der Waals surface area contributed by atoms with Crippen LogP contribution in [0.3, 0.4) is 0 Å². The standard InChI is InChI=1S/C14H11BrINO2/c15-8-10-3-1-2-4-12(10)17-14(19)9-5-6-11(16)13(18)7-9/h1-7,18H,8H2,(H,17,19). The summed E-state index contributed by atoms with van der Waals surface area (Å²) < 4.78 is 0.718. The van der Waals surface area contributed by atoms with Crippen LogP contribution < -0.4 is 5.32 Å². The molecule has 2 aromatic rings. The van der Waals surface area contributed by atoms with Crippen LogP contribution in [0.1, 0.15) is 15.9 Å². The maximum Gasteiger partial charge on any atom is 0.255 e. The minimum absolute atomic E-state index is 0.113. The van der Waals surface area contributed by atoms with Gasteiger partial charge in [0, 0.05) is 16.6 Å². The molecule has 0 atom stereocenters. The molecule has 0 saturated carbocycles. The number of para-hydroxylation sites is 1. The lowest BCUT2D eigenvalue weighted by atomic mass is 10.1. The number of anilines is 1. The summed E-state index contributed by atoms with van der Waals surface area (Å²) in [5.74, 6) is -0.123. The quantitative estimate of drug-likeness (QED) is 0.566. The van der Waals surface area contributed by atoms with Crippen LogP contribution >= 0.6 is 38.5 Å². The molecular weight excluding hydrogens is 421 g/mol. The normalized spacial score (nSPS) is 10.2. The first-order chi connectivity index (χ1) is 9.11. The minimum atomic E-state index is -0.236. The van der Waals surface area contributed by atoms with Gasteiger partial charge in [-0.05, 0) is 52.4 Å². The lowest BCUT2D eigenvalue weighted by Crippen LogP contribution is -2.13. The lowest BCUT2D eigenvalue weighted by Gasteiger charge is -2.09. The number of halogens is 2. The second-order valence-electron chi connectivity index (χ2n) is 3.91. The molecule has 0 spiro atoms. The highest BCUT2D eigenvalue weighted by atomic mass is 127. The third-order valence-corrected chi connectivity index (χ3v) is 4.13. The van der Waals surface area contributed by atoms with Crippen molar-refractivity contribution in [1.82, 2.24) is 0 Å². The van der Waals surface area contributed by atoms with E-state index in [0.29, 0.717) is 10.9 Å². The monoisotopic (exact) mass is 431 g/mol. The average molecular weight is 432 g/mol. The third kappa shape index (κ3) is 3.48. The Morgan fingerprint density at radius 2 is 2.00 bits per heavy atom. The summed E-state index contributed by atoms with van der Waals surface area (Å²) in [5, 5.41) is 13.1. The van der Waals surface area contributed by atoms with Crippen LogP contribution in [0.25, 0.3) is 0 Å². The van der Waals surface area contributed by atoms with Crippen LogP contribution in [0.15, 0.2) is 42.5 Å². The molecule has 0 saturated heterocycles. The van der Waals surface area contributed by atoms with E-state index >= 15 is 0 Å². The van der Waals surface area contributed by atoms with Gasteiger partial charge in [-0.1, -0.05) is 34.1 Å². The van der Waals surface area contributed by atoms with Gasteiger partial charge >= 0.3 is 0 Å². The van der Waals surface area contributed by atoms with Gasteiger partial charge < -0.3 is 10.4 Å². The Kier molecular flexibility index (Phi) is 4.81. The molecule has 0 heterocycles. The van der Waals surface area contributed by atoms with Gasteiger partial charge in [-0.15, -0.1) is 0 Å². The summed E-state index contributed by atoms with van der Waals surface area (Å²) in [6.07, 6.45) is 0. The van der Waals surface area contributed by atoms with Gasteiger partial charge in [-0.25, -0.2) is 0 Å². The molecule has 0 aliphatic rings. The van der Waals surface area contributed by atoms with E-state index in [1.54, 1.807) is 12.1 Å². The third-order valence-electron chi connectivity index (χ3n) is 2.62. The van der Waals surface area contributed by atoms with Crippen LogP contribution in [0.5, 0.6) is 5.75 Å². The van der Waals surface area contributed by atoms with Crippen molar-refractivity contribution in [3.05, 3.63) is 57.2 Å². The lowest BCUT2D eigenvalue weighted by molar-refractivity contribution is 0.102. The van der Waals surface area contributed by atoms with E-state index < -0.39 is 0 Å². The molecule has 0 fully saturated rings. The van der Waals surface area contributed by atoms with Crippen molar-refractivity contribution in [3.8, 4) is 5.75 Å². The van der Waals surface area contributed by atoms with E-state index in [1.165, 1.54) is 6.07 Å². The Hall–Kier alpha value is -1.08. The maximum absolute atomic E-state index is 12.1. The largest absolute Gasteiger partial charge is 0.507 e. The number of carbonyl (C=O) groups is 1. The van der Waals surface area contributed by atoms with Crippen molar-refractivity contribution in [2.45, 2.75) is 5.33 Å². The summed E-state index contributed by atoms with van der Waals surface area (Å²) in [7, 11) is 0. The first-order valence-corrected chi connectivity index (χ1v) is 7.75. The molecular formula is C14H11BrINO2. The average Bonchev–Trinajstić information content (AvgIpc) is 2.42. The predicted octanol–water partition coefficient (Wildman–Crippen LogP) is 4.14. The number of aromatic hydroxyl groups is 1. The molecule has 19 heavy (non-hydrogen) atoms. The molecule has 3 nitrogen and oxygen atoms in total. The number of hydrogen-bond donors (Lipinski definition) is 2. The van der Waals surface area contributed by atoms with E-state index in [2.05, 4.69) is 21.2 Å². The number of phenols is 1. The first kappa shape index (κ1) is 14.3. The van der Waals surface area contributed by atoms with Crippen LogP contribution in [0, 0.1) is 3.57 Å². The van der Waals surface area contributed by atoms with Gasteiger partial charge in [-0.3, -0.25) is 4.79 Å². The molecule has 0 unspecified atom stereocenters. The predicted molar refractivity (Wildman–Crippen MR) is 87.9 cm³/mol. The van der Waals surface area contributed by atoms with Crippen molar-refractivity contribution in [1.29, 1.82) is 0 Å². The molecule has 5 heteroatoms. The highest BCUT2D eigenvalue weighted by molar-refractivity contribution is 14.1. The topological polar surface area (TPSA) is 49.3 Å². The van der Waals surface area contributed by atoms with Crippen LogP contribution in [0.2, 0.25) is 0 Å². The van der Waals surface area contributed by atoms with E-state index in [0.717, 1.165) is 14.8 Å². The number of phenolic OH excluding ortho intramolecular Hbond substituents is 1. The number of hydrogen-bond acceptors (Lipinski definition) is 2. The molecule has 2 N–H and O–H groups in total. The highest BCUT2D eigenvalue weighted by Crippen LogP contribution is 2.22. The summed E-state index contributed by atoms with van der Waals surface area (Å²) in [6.45, 7) is 0. The Morgan fingerprint density at radius 3 is 2.68 bits per heavy atom. The Balaban J connectivity index is 2.23. The van der Waals surface area contributed by atoms with Crippen LogP contribution in [-0.2, 0) is 5.33 Å². The number of benzene rings is 2. The summed E-state index contributed by atoms with van der Waals surface area (Å²) in [5.41, 5.74) is 2.20. The minimum Gasteiger partial charge on any atom is -0.507 e. The molecule has 0 bridgehead atoms. The molecule has 0 aromatic heterocycles. The zero-order chi connectivity index (χ0) is 13.8. The van der Waals surface area contributed by atoms with Gasteiger partial charge in [0.25, 0.3) is 5.91 Å². The Bertz CT molecular complexity index is 616. The van der Waals surface area contributed by atoms with Crippen molar-refractivity contribution >= 4 is 50.1 Å². The van der Waals surface area contributed by atoms with Gasteiger partial charge in [0.1, 0.15) is 5.75 Å². The summed E-state index contributed by atoms with van der Waals surface area (Å²) in [6, 6.07) is 12.4. The zero-order valence-electron chi connectivity index (χ0n) is 9.86. The molecule has 98 valence electrons. The molecule has 1 amide bonds. The number of nitrogens with one attached hydrogen (secondary N) is 1. The van der Waals surface area contributed by atoms with Crippen molar-refractivity contribution in [2.75, 3.05) is 5.32 Å². The molecule has 2 aromatic carbocycles. The fraction of sp³-hybridized carbons (Fsp3) is 0.0714. The Labute approximate surface area is 133 Å². The summed E-state index contributed by atoms with van der Waals surface area (Å²) >= 11 is 5.39. The van der Waals surface area contributed by atoms with Gasteiger partial charge in [-0.2, -0.15) is 0 Å². The smallest absolute Gasteiger partial charge is 0.255 e. The fourth-order valence-corrected chi connectivity index (χ4v) is 2.43. The number of carbonyl (C=O) groups excluding carboxylic acids is 1. The zero-order valence-corrected chi connectivity index (χ0v) is 13.6. The van der Waals surface area contributed by atoms with E-state index in [9.17, 15) is 9.90 Å². The van der Waals surface area contributed by atoms with E-state index in [4.69, 9.17) is 0 Å². The highest BCUT2D eigenvalue weighted by Gasteiger charge is 2.10. The fourth-order valence-electron chi connectivity index (χ4n) is 1.61. The SMILES string of the molecule is O=C(Nc1ccccc1CBr)c1ccc(I)c(O)c1. The summed E-state index contributed by atoms with van der Waals surface area (Å²) in [4.78, 5) is 12.1. The maximum atomic E-state index is 12.1. The molecule has 0 radical (unpaired) electrons. The van der Waals surface area contributed by atoms with E-state index in [1.807, 2.05) is 46.9 Å². The Morgan fingerprint density at radius 1 is 1.26 bits per heavy atom. The van der Waals surface area contributed by atoms with Crippen molar-refractivity contribution < 1.29 is 9.90 Å². The number of amides is 1. The number of alkyl halides is 1. The van der Waals surface area contributed by atoms with Gasteiger partial charge in [0.15, 0.2) is 0 Å². The van der Waals surface area contributed by atoms with Crippen LogP contribution in [-0.4, -0.2) is 11.0 Å². The molecule has 2 rings (SSSR count).